The highest BCUT2D eigenvalue weighted by Crippen LogP contribution is 2.50. The minimum atomic E-state index is -4.37. The van der Waals surface area contributed by atoms with Gasteiger partial charge in [0.05, 0.1) is 5.56 Å². The van der Waals surface area contributed by atoms with Gasteiger partial charge in [0.25, 0.3) is 0 Å². The molecule has 2 unspecified atom stereocenters. The number of carbonyl (C=O) groups excluding carboxylic acids is 1. The number of likely N-dealkylation sites (N-methyl/N-ethyl adjacent to an activating group) is 1. The molecule has 2 atom stereocenters. The zero-order valence-corrected chi connectivity index (χ0v) is 13.5. The number of halogens is 3. The van der Waals surface area contributed by atoms with Crippen molar-refractivity contribution < 1.29 is 18.0 Å². The van der Waals surface area contributed by atoms with Gasteiger partial charge < -0.3 is 10.2 Å². The second-order valence-corrected chi connectivity index (χ2v) is 5.85. The van der Waals surface area contributed by atoms with E-state index >= 15 is 0 Å². The van der Waals surface area contributed by atoms with Gasteiger partial charge in [-0.15, -0.1) is 0 Å². The zero-order chi connectivity index (χ0) is 17.0. The summed E-state index contributed by atoms with van der Waals surface area (Å²) in [6, 6.07) is 5.55. The number of rotatable bonds is 7. The fraction of sp³-hybridized carbons (Fsp3) is 0.588. The van der Waals surface area contributed by atoms with Crippen LogP contribution in [-0.4, -0.2) is 37.0 Å². The number of nitrogens with one attached hydrogen (secondary N) is 1. The molecule has 128 valence electrons. The number of nitrogens with zero attached hydrogens (tertiary/aromatic N) is 1. The Balaban J connectivity index is 1.91. The lowest BCUT2D eigenvalue weighted by atomic mass is 10.0. The van der Waals surface area contributed by atoms with Crippen LogP contribution in [0.3, 0.4) is 0 Å². The van der Waals surface area contributed by atoms with Gasteiger partial charge in [0.1, 0.15) is 0 Å². The number of alkyl halides is 3. The summed E-state index contributed by atoms with van der Waals surface area (Å²) in [6.45, 7) is 7.22. The molecule has 1 fully saturated rings. The van der Waals surface area contributed by atoms with Crippen molar-refractivity contribution in [3.63, 3.8) is 0 Å². The highest BCUT2D eigenvalue weighted by molar-refractivity contribution is 5.83. The third kappa shape index (κ3) is 4.47. The van der Waals surface area contributed by atoms with E-state index in [1.54, 1.807) is 6.07 Å². The lowest BCUT2D eigenvalue weighted by Gasteiger charge is -2.18. The van der Waals surface area contributed by atoms with Crippen molar-refractivity contribution in [3.05, 3.63) is 35.4 Å². The van der Waals surface area contributed by atoms with Crippen LogP contribution in [0.4, 0.5) is 13.2 Å². The molecule has 1 saturated carbocycles. The van der Waals surface area contributed by atoms with Crippen LogP contribution >= 0.6 is 0 Å². The molecule has 6 heteroatoms. The molecule has 0 heterocycles. The molecule has 3 nitrogen and oxygen atoms in total. The molecule has 1 aromatic carbocycles. The van der Waals surface area contributed by atoms with Crippen LogP contribution in [0.2, 0.25) is 0 Å². The van der Waals surface area contributed by atoms with Crippen molar-refractivity contribution in [2.24, 2.45) is 5.92 Å². The predicted octanol–water partition coefficient (Wildman–Crippen LogP) is 3.27. The maximum absolute atomic E-state index is 13.0. The normalized spacial score (nSPS) is 20.6. The maximum Gasteiger partial charge on any atom is 0.416 e. The van der Waals surface area contributed by atoms with Crippen LogP contribution in [0.15, 0.2) is 24.3 Å². The summed E-state index contributed by atoms with van der Waals surface area (Å²) >= 11 is 0. The Morgan fingerprint density at radius 1 is 1.26 bits per heavy atom. The average molecular weight is 328 g/mol. The second-order valence-electron chi connectivity index (χ2n) is 5.85. The van der Waals surface area contributed by atoms with Gasteiger partial charge in [0, 0.05) is 19.0 Å². The molecule has 0 saturated heterocycles. The predicted molar refractivity (Wildman–Crippen MR) is 83.1 cm³/mol. The molecule has 0 bridgehead atoms. The highest BCUT2D eigenvalue weighted by Gasteiger charge is 2.47. The summed E-state index contributed by atoms with van der Waals surface area (Å²) in [5, 5.41) is 2.84. The zero-order valence-electron chi connectivity index (χ0n) is 13.5. The van der Waals surface area contributed by atoms with E-state index in [0.29, 0.717) is 13.0 Å². The van der Waals surface area contributed by atoms with Gasteiger partial charge in [-0.05, 0) is 37.1 Å². The van der Waals surface area contributed by atoms with Crippen LogP contribution in [0.1, 0.15) is 37.3 Å². The number of carbonyl (C=O) groups is 1. The van der Waals surface area contributed by atoms with E-state index in [2.05, 4.69) is 24.1 Å². The standard InChI is InChI=1S/C17H23F3N2O/c1-3-22(4-2)10-9-21-16(23)14-11-13(14)12-7-5-6-8-15(12)17(18,19)20/h5-8,13-14H,3-4,9-11H2,1-2H3,(H,21,23). The largest absolute Gasteiger partial charge is 0.416 e. The molecule has 0 radical (unpaired) electrons. The van der Waals surface area contributed by atoms with Gasteiger partial charge >= 0.3 is 6.18 Å². The summed E-state index contributed by atoms with van der Waals surface area (Å²) < 4.78 is 39.1. The van der Waals surface area contributed by atoms with Crippen molar-refractivity contribution in [2.45, 2.75) is 32.4 Å². The molecular weight excluding hydrogens is 305 g/mol. The molecule has 1 N–H and O–H groups in total. The Bertz CT molecular complexity index is 541. The van der Waals surface area contributed by atoms with Crippen molar-refractivity contribution in [1.29, 1.82) is 0 Å². The van der Waals surface area contributed by atoms with Gasteiger partial charge in [-0.2, -0.15) is 13.2 Å². The van der Waals surface area contributed by atoms with E-state index in [-0.39, 0.29) is 23.3 Å². The number of amides is 1. The Labute approximate surface area is 134 Å². The smallest absolute Gasteiger partial charge is 0.355 e. The molecule has 2 rings (SSSR count). The summed E-state index contributed by atoms with van der Waals surface area (Å²) in [4.78, 5) is 14.3. The Morgan fingerprint density at radius 2 is 1.91 bits per heavy atom. The van der Waals surface area contributed by atoms with Crippen LogP contribution < -0.4 is 5.32 Å². The minimum Gasteiger partial charge on any atom is -0.355 e. The number of benzene rings is 1. The molecule has 0 aliphatic heterocycles. The van der Waals surface area contributed by atoms with Gasteiger partial charge in [-0.25, -0.2) is 0 Å². The van der Waals surface area contributed by atoms with Gasteiger partial charge in [0.15, 0.2) is 0 Å². The van der Waals surface area contributed by atoms with Crippen molar-refractivity contribution >= 4 is 5.91 Å². The van der Waals surface area contributed by atoms with Crippen LogP contribution in [0.25, 0.3) is 0 Å². The van der Waals surface area contributed by atoms with E-state index in [0.717, 1.165) is 25.7 Å². The first-order valence-electron chi connectivity index (χ1n) is 8.04. The summed E-state index contributed by atoms with van der Waals surface area (Å²) in [6.07, 6.45) is -3.88. The van der Waals surface area contributed by atoms with Crippen LogP contribution in [0, 0.1) is 5.92 Å². The molecule has 0 spiro atoms. The summed E-state index contributed by atoms with van der Waals surface area (Å²) in [5.74, 6) is -0.796. The third-order valence-electron chi connectivity index (χ3n) is 4.41. The maximum atomic E-state index is 13.0. The highest BCUT2D eigenvalue weighted by atomic mass is 19.4. The third-order valence-corrected chi connectivity index (χ3v) is 4.41. The Hall–Kier alpha value is -1.56. The topological polar surface area (TPSA) is 32.3 Å². The van der Waals surface area contributed by atoms with Gasteiger partial charge in [0.2, 0.25) is 5.91 Å². The molecule has 0 aromatic heterocycles. The van der Waals surface area contributed by atoms with E-state index in [4.69, 9.17) is 0 Å². The molecule has 23 heavy (non-hydrogen) atoms. The Morgan fingerprint density at radius 3 is 2.52 bits per heavy atom. The Kier molecular flexibility index (Phi) is 5.68. The first-order chi connectivity index (χ1) is 10.9. The summed E-state index contributed by atoms with van der Waals surface area (Å²) in [7, 11) is 0. The fourth-order valence-corrected chi connectivity index (χ4v) is 2.92. The van der Waals surface area contributed by atoms with Crippen molar-refractivity contribution in [2.75, 3.05) is 26.2 Å². The molecule has 1 amide bonds. The fourth-order valence-electron chi connectivity index (χ4n) is 2.92. The van der Waals surface area contributed by atoms with E-state index < -0.39 is 11.7 Å². The molecule has 1 aliphatic carbocycles. The monoisotopic (exact) mass is 328 g/mol. The van der Waals surface area contributed by atoms with Crippen LogP contribution in [-0.2, 0) is 11.0 Å². The SMILES string of the molecule is CCN(CC)CCNC(=O)C1CC1c1ccccc1C(F)(F)F. The lowest BCUT2D eigenvalue weighted by Crippen LogP contribution is -2.35. The average Bonchev–Trinajstić information content (AvgIpc) is 3.31. The number of hydrogen-bond donors (Lipinski definition) is 1. The molecule has 1 aliphatic rings. The number of hydrogen-bond acceptors (Lipinski definition) is 2. The second kappa shape index (κ2) is 7.34. The minimum absolute atomic E-state index is 0.140. The van der Waals surface area contributed by atoms with Crippen molar-refractivity contribution in [3.8, 4) is 0 Å². The van der Waals surface area contributed by atoms with E-state index in [1.807, 2.05) is 0 Å². The van der Waals surface area contributed by atoms with Gasteiger partial charge in [-0.3, -0.25) is 4.79 Å². The lowest BCUT2D eigenvalue weighted by molar-refractivity contribution is -0.138. The first kappa shape index (κ1) is 17.8. The summed E-state index contributed by atoms with van der Waals surface area (Å²) in [5.41, 5.74) is -0.382. The quantitative estimate of drug-likeness (QED) is 0.833. The van der Waals surface area contributed by atoms with Gasteiger partial charge in [-0.1, -0.05) is 32.0 Å². The molecular formula is C17H23F3N2O. The van der Waals surface area contributed by atoms with Crippen LogP contribution in [0.5, 0.6) is 0 Å². The van der Waals surface area contributed by atoms with Crippen molar-refractivity contribution in [1.82, 2.24) is 10.2 Å². The van der Waals surface area contributed by atoms with E-state index in [1.165, 1.54) is 12.1 Å². The molecule has 1 aromatic rings. The first-order valence-corrected chi connectivity index (χ1v) is 8.04. The van der Waals surface area contributed by atoms with E-state index in [9.17, 15) is 18.0 Å².